The fourth-order valence-electron chi connectivity index (χ4n) is 11.8. The molecule has 3 aliphatic rings. The zero-order chi connectivity index (χ0) is 49.0. The number of anilines is 2. The van der Waals surface area contributed by atoms with Crippen LogP contribution in [0.1, 0.15) is 116 Å². The van der Waals surface area contributed by atoms with Crippen LogP contribution in [0.15, 0.2) is 163 Å². The molecule has 350 valence electrons. The number of aryl methyl sites for hydroxylation is 2. The molecule has 6 heteroatoms. The average Bonchev–Trinajstić information content (AvgIpc) is 3.80. The number of allylic oxidation sites excluding steroid dienone is 9. The smallest absolute Gasteiger partial charge is 0.234 e. The molecule has 2 radical (unpaired) electrons. The number of nitrogen functional groups attached to an aromatic ring is 1. The molecule has 0 spiro atoms. The van der Waals surface area contributed by atoms with E-state index in [1.807, 2.05) is 19.9 Å². The zero-order valence-electron chi connectivity index (χ0n) is 42.1. The van der Waals surface area contributed by atoms with Gasteiger partial charge in [-0.15, -0.1) is 5.98 Å². The van der Waals surface area contributed by atoms with Gasteiger partial charge in [-0.2, -0.15) is 0 Å². The lowest BCUT2D eigenvalue weighted by molar-refractivity contribution is -0.135. The Bertz CT molecular complexity index is 2970. The summed E-state index contributed by atoms with van der Waals surface area (Å²) < 4.78 is 0. The molecule has 3 fully saturated rings. The lowest BCUT2D eigenvalue weighted by atomic mass is 9.61. The number of hydrogen-bond donors (Lipinski definition) is 1. The van der Waals surface area contributed by atoms with E-state index in [-0.39, 0.29) is 24.7 Å². The van der Waals surface area contributed by atoms with E-state index in [9.17, 15) is 9.59 Å². The highest BCUT2D eigenvalue weighted by molar-refractivity contribution is 6.18. The second-order valence-corrected chi connectivity index (χ2v) is 19.3. The van der Waals surface area contributed by atoms with Crippen molar-refractivity contribution in [1.29, 1.82) is 0 Å². The molecule has 2 atom stereocenters. The van der Waals surface area contributed by atoms with Crippen molar-refractivity contribution in [1.82, 2.24) is 4.90 Å². The fourth-order valence-corrected chi connectivity index (χ4v) is 11.8. The third-order valence-electron chi connectivity index (χ3n) is 15.4. The second kappa shape index (κ2) is 20.5. The molecule has 8 rings (SSSR count). The summed E-state index contributed by atoms with van der Waals surface area (Å²) in [7, 11) is 7.11. The Labute approximate surface area is 413 Å². The fraction of sp³-hybridized carbons (Fsp3) is 0.302. The SMILES string of the molecule is [B]C=C1/C(=C\C(=C/C)N2C(=O)CCC2=O)C2(C)CCCCC2(C)N1c1cc(-c2ccccc2C)c(CCC)c(-c2c(N)ccc(CC)c2C(/C=C\C=C/C)=C\C)c1-c1ccccc1-c1ccccc1. The number of carbonyl (C=O) groups excluding carboxylic acids is 2. The predicted octanol–water partition coefficient (Wildman–Crippen LogP) is 15.4. The average molecular weight is 910 g/mol. The molecule has 5 aromatic carbocycles. The van der Waals surface area contributed by atoms with E-state index in [1.165, 1.54) is 27.2 Å². The number of benzene rings is 5. The van der Waals surface area contributed by atoms with E-state index in [4.69, 9.17) is 13.6 Å². The summed E-state index contributed by atoms with van der Waals surface area (Å²) in [5.41, 5.74) is 25.7. The molecule has 1 saturated carbocycles. The Morgan fingerprint density at radius 2 is 1.42 bits per heavy atom. The predicted molar refractivity (Wildman–Crippen MR) is 293 cm³/mol. The first-order chi connectivity index (χ1) is 33.4. The van der Waals surface area contributed by atoms with Gasteiger partial charge < -0.3 is 10.6 Å². The number of rotatable bonds is 13. The van der Waals surface area contributed by atoms with Crippen LogP contribution < -0.4 is 10.6 Å². The lowest BCUT2D eigenvalue weighted by Crippen LogP contribution is -2.52. The minimum Gasteiger partial charge on any atom is -0.398 e. The largest absolute Gasteiger partial charge is 0.398 e. The summed E-state index contributed by atoms with van der Waals surface area (Å²) in [5, 5.41) is 0. The summed E-state index contributed by atoms with van der Waals surface area (Å²) in [4.78, 5) is 30.8. The minimum absolute atomic E-state index is 0.169. The van der Waals surface area contributed by atoms with Gasteiger partial charge in [0.25, 0.3) is 0 Å². The van der Waals surface area contributed by atoms with Crippen molar-refractivity contribution in [3.8, 4) is 44.5 Å². The van der Waals surface area contributed by atoms with Gasteiger partial charge in [-0.25, -0.2) is 0 Å². The normalized spacial score (nSPS) is 21.2. The van der Waals surface area contributed by atoms with Crippen LogP contribution in [-0.2, 0) is 22.4 Å². The van der Waals surface area contributed by atoms with Crippen molar-refractivity contribution in [2.75, 3.05) is 10.6 Å². The summed E-state index contributed by atoms with van der Waals surface area (Å²) in [6.07, 6.45) is 21.5. The van der Waals surface area contributed by atoms with Crippen molar-refractivity contribution in [3.05, 3.63) is 185 Å². The molecule has 69 heavy (non-hydrogen) atoms. The van der Waals surface area contributed by atoms with Gasteiger partial charge >= 0.3 is 0 Å². The van der Waals surface area contributed by atoms with Gasteiger partial charge in [-0.05, 0) is 145 Å². The molecule has 2 heterocycles. The van der Waals surface area contributed by atoms with Crippen LogP contribution in [0, 0.1) is 12.3 Å². The Balaban J connectivity index is 1.63. The number of hydrogen-bond acceptors (Lipinski definition) is 4. The molecular weight excluding hydrogens is 842 g/mol. The Kier molecular flexibility index (Phi) is 14.5. The van der Waals surface area contributed by atoms with E-state index in [0.717, 1.165) is 112 Å². The lowest BCUT2D eigenvalue weighted by Gasteiger charge is -2.50. The van der Waals surface area contributed by atoms with Crippen molar-refractivity contribution < 1.29 is 9.59 Å². The Morgan fingerprint density at radius 3 is 2.06 bits per heavy atom. The number of amides is 2. The van der Waals surface area contributed by atoms with Crippen LogP contribution in [0.5, 0.6) is 0 Å². The number of likely N-dealkylation sites (tertiary alicyclic amines) is 1. The highest BCUT2D eigenvalue weighted by atomic mass is 16.2. The Morgan fingerprint density at radius 1 is 0.754 bits per heavy atom. The molecule has 5 aromatic rings. The molecular formula is C63H68BN3O2. The first-order valence-electron chi connectivity index (χ1n) is 25.2. The first-order valence-corrected chi connectivity index (χ1v) is 25.2. The maximum absolute atomic E-state index is 13.4. The highest BCUT2D eigenvalue weighted by Gasteiger charge is 2.60. The topological polar surface area (TPSA) is 66.6 Å². The molecule has 0 bridgehead atoms. The maximum Gasteiger partial charge on any atom is 0.234 e. The summed E-state index contributed by atoms with van der Waals surface area (Å²) >= 11 is 0. The molecule has 2 amide bonds. The minimum atomic E-state index is -0.494. The number of nitrogens with two attached hydrogens (primary N) is 1. The Hall–Kier alpha value is -6.66. The quantitative estimate of drug-likeness (QED) is 0.0553. The number of nitrogens with zero attached hydrogens (tertiary/aromatic N) is 2. The van der Waals surface area contributed by atoms with E-state index < -0.39 is 11.0 Å². The van der Waals surface area contributed by atoms with E-state index in [1.54, 1.807) is 5.98 Å². The molecule has 2 saturated heterocycles. The molecule has 5 nitrogen and oxygen atoms in total. The zero-order valence-corrected chi connectivity index (χ0v) is 42.1. The number of imide groups is 1. The summed E-state index contributed by atoms with van der Waals surface area (Å²) in [5.74, 6) is 1.44. The van der Waals surface area contributed by atoms with Gasteiger partial charge in [-0.1, -0.05) is 161 Å². The van der Waals surface area contributed by atoms with Crippen LogP contribution in [0.3, 0.4) is 0 Å². The van der Waals surface area contributed by atoms with Gasteiger partial charge in [0, 0.05) is 46.5 Å². The van der Waals surface area contributed by atoms with Crippen molar-refractivity contribution >= 4 is 36.6 Å². The van der Waals surface area contributed by atoms with Crippen LogP contribution >= 0.6 is 0 Å². The van der Waals surface area contributed by atoms with Crippen LogP contribution in [0.25, 0.3) is 50.1 Å². The molecule has 0 aromatic heterocycles. The molecule has 2 unspecified atom stereocenters. The van der Waals surface area contributed by atoms with Gasteiger partial charge in [0.2, 0.25) is 11.8 Å². The summed E-state index contributed by atoms with van der Waals surface area (Å²) in [6, 6.07) is 35.1. The van der Waals surface area contributed by atoms with Crippen molar-refractivity contribution in [3.63, 3.8) is 0 Å². The number of fused-ring (bicyclic) bond motifs is 1. The third-order valence-corrected chi connectivity index (χ3v) is 15.4. The highest BCUT2D eigenvalue weighted by Crippen LogP contribution is 2.65. The van der Waals surface area contributed by atoms with Gasteiger partial charge in [-0.3, -0.25) is 14.5 Å². The summed E-state index contributed by atoms with van der Waals surface area (Å²) in [6.45, 7) is 17.6. The van der Waals surface area contributed by atoms with Crippen LogP contribution in [0.2, 0.25) is 0 Å². The monoisotopic (exact) mass is 910 g/mol. The second-order valence-electron chi connectivity index (χ2n) is 19.3. The van der Waals surface area contributed by atoms with E-state index in [0.29, 0.717) is 11.4 Å². The number of carbonyl (C=O) groups is 2. The van der Waals surface area contributed by atoms with Gasteiger partial charge in [0.15, 0.2) is 0 Å². The third kappa shape index (κ3) is 8.51. The van der Waals surface area contributed by atoms with Gasteiger partial charge in [0.1, 0.15) is 7.85 Å². The molecule has 1 aliphatic carbocycles. The standard InChI is InChI=1S/C63H68BN3O2/c1-9-14-16-27-43(11-3)58-44(12-4)33-34-53(65)61(58)60-49(25-10-2)51(47-30-20-19-26-42(47)6)40-54(59(60)50-32-22-21-31-48(50)45-28-17-15-18-29-45)67-55(41-64)52(62(7)37-23-24-38-63(62,67)8)39-46(13-5)66-56(68)35-36-57(66)69/h9,11,13-22,26-34,39-41H,10,12,23-25,35-38,65H2,1-8H3/b14-9-,27-16-,43-11-,46-13+,52-39+,55-41?. The van der Waals surface area contributed by atoms with Crippen LogP contribution in [0.4, 0.5) is 11.4 Å². The van der Waals surface area contributed by atoms with Crippen LogP contribution in [-0.4, -0.2) is 30.1 Å². The van der Waals surface area contributed by atoms with Crippen molar-refractivity contribution in [2.45, 2.75) is 119 Å². The molecule has 2 N–H and O–H groups in total. The van der Waals surface area contributed by atoms with E-state index in [2.05, 4.69) is 180 Å². The van der Waals surface area contributed by atoms with E-state index >= 15 is 0 Å². The first kappa shape index (κ1) is 48.8. The molecule has 2 aliphatic heterocycles. The van der Waals surface area contributed by atoms with Gasteiger partial charge in [0.05, 0.1) is 11.2 Å². The van der Waals surface area contributed by atoms with Crippen molar-refractivity contribution in [2.24, 2.45) is 5.41 Å². The maximum atomic E-state index is 13.4.